The van der Waals surface area contributed by atoms with E-state index in [9.17, 15) is 23.6 Å². The van der Waals surface area contributed by atoms with E-state index in [0.29, 0.717) is 33.3 Å². The Kier molecular flexibility index (Phi) is 6.15. The van der Waals surface area contributed by atoms with Crippen molar-refractivity contribution in [1.29, 1.82) is 0 Å². The Bertz CT molecular complexity index is 1720. The van der Waals surface area contributed by atoms with Crippen molar-refractivity contribution in [3.8, 4) is 11.3 Å². The van der Waals surface area contributed by atoms with Crippen molar-refractivity contribution < 1.29 is 18.4 Å². The molecule has 5 rings (SSSR count). The van der Waals surface area contributed by atoms with Crippen molar-refractivity contribution in [2.24, 2.45) is 0 Å². The number of nitro groups is 1. The van der Waals surface area contributed by atoms with Gasteiger partial charge < -0.3 is 5.11 Å². The lowest BCUT2D eigenvalue weighted by Crippen LogP contribution is -2.15. The van der Waals surface area contributed by atoms with Crippen LogP contribution in [0.15, 0.2) is 102 Å². The summed E-state index contributed by atoms with van der Waals surface area (Å²) in [5.41, 5.74) is 4.04. The quantitative estimate of drug-likeness (QED) is 0.217. The number of non-ortho nitro benzene ring substituents is 1. The van der Waals surface area contributed by atoms with Crippen LogP contribution in [0.5, 0.6) is 0 Å². The van der Waals surface area contributed by atoms with Crippen LogP contribution in [0.1, 0.15) is 28.4 Å². The van der Waals surface area contributed by atoms with E-state index in [1.54, 1.807) is 48.5 Å². The van der Waals surface area contributed by atoms with Gasteiger partial charge in [0.05, 0.1) is 21.0 Å². The van der Waals surface area contributed by atoms with Crippen molar-refractivity contribution in [3.05, 3.63) is 129 Å². The second-order valence-electron chi connectivity index (χ2n) is 8.98. The first-order valence-corrected chi connectivity index (χ1v) is 13.1. The lowest BCUT2D eigenvalue weighted by atomic mass is 9.95. The molecule has 0 amide bonds. The molecule has 0 saturated heterocycles. The molecule has 1 heterocycles. The van der Waals surface area contributed by atoms with Crippen molar-refractivity contribution in [2.75, 3.05) is 0 Å². The maximum absolute atomic E-state index is 14.1. The van der Waals surface area contributed by atoms with Crippen LogP contribution in [0.3, 0.4) is 0 Å². The molecular weight excluding hydrogens is 488 g/mol. The summed E-state index contributed by atoms with van der Waals surface area (Å²) in [6, 6.07) is 26.7. The van der Waals surface area contributed by atoms with Crippen LogP contribution >= 0.6 is 0 Å². The number of rotatable bonds is 6. The first kappa shape index (κ1) is 24.4. The summed E-state index contributed by atoms with van der Waals surface area (Å²) < 4.78 is 29.5. The molecule has 1 aromatic heterocycles. The van der Waals surface area contributed by atoms with Crippen LogP contribution in [-0.4, -0.2) is 22.4 Å². The lowest BCUT2D eigenvalue weighted by Gasteiger charge is -2.17. The number of nitrogens with zero attached hydrogens (tertiary/aromatic N) is 2. The molecule has 0 spiro atoms. The average Bonchev–Trinajstić information content (AvgIpc) is 3.25. The number of aryl methyl sites for hydroxylation is 2. The van der Waals surface area contributed by atoms with E-state index in [1.807, 2.05) is 38.1 Å². The van der Waals surface area contributed by atoms with E-state index in [0.717, 1.165) is 11.1 Å². The summed E-state index contributed by atoms with van der Waals surface area (Å²) in [5, 5.41) is 23.3. The highest BCUT2D eigenvalue weighted by molar-refractivity contribution is 7.90. The molecule has 1 N–H and O–H groups in total. The monoisotopic (exact) mass is 512 g/mol. The predicted octanol–water partition coefficient (Wildman–Crippen LogP) is 6.15. The normalized spacial score (nSPS) is 12.5. The van der Waals surface area contributed by atoms with Crippen LogP contribution in [0.2, 0.25) is 0 Å². The lowest BCUT2D eigenvalue weighted by molar-refractivity contribution is -0.384. The first-order chi connectivity index (χ1) is 17.7. The van der Waals surface area contributed by atoms with E-state index in [4.69, 9.17) is 0 Å². The van der Waals surface area contributed by atoms with Crippen LogP contribution in [0, 0.1) is 24.0 Å². The molecule has 5 aromatic rings. The second kappa shape index (κ2) is 9.31. The van der Waals surface area contributed by atoms with E-state index in [-0.39, 0.29) is 10.6 Å². The summed E-state index contributed by atoms with van der Waals surface area (Å²) >= 11 is 0. The third kappa shape index (κ3) is 4.30. The van der Waals surface area contributed by atoms with Gasteiger partial charge in [0.15, 0.2) is 0 Å². The van der Waals surface area contributed by atoms with Gasteiger partial charge in [0.1, 0.15) is 6.10 Å². The molecule has 0 bridgehead atoms. The van der Waals surface area contributed by atoms with Crippen LogP contribution < -0.4 is 0 Å². The SMILES string of the molecule is Cc1ccc(-c2c(C(O)c3ccc([N+](=O)[O-])cc3)c3ccccc3n2S(=O)(=O)c2ccc(C)cc2)cc1. The van der Waals surface area contributed by atoms with Crippen molar-refractivity contribution in [3.63, 3.8) is 0 Å². The Balaban J connectivity index is 1.84. The Hall–Kier alpha value is -4.27. The van der Waals surface area contributed by atoms with Gasteiger partial charge in [-0.2, -0.15) is 0 Å². The van der Waals surface area contributed by atoms with Gasteiger partial charge in [0.25, 0.3) is 15.7 Å². The molecule has 0 radical (unpaired) electrons. The number of hydrogen-bond donors (Lipinski definition) is 1. The van der Waals surface area contributed by atoms with Gasteiger partial charge in [-0.1, -0.05) is 65.7 Å². The summed E-state index contributed by atoms with van der Waals surface area (Å²) in [6.45, 7) is 3.83. The highest BCUT2D eigenvalue weighted by Gasteiger charge is 2.31. The Labute approximate surface area is 214 Å². The van der Waals surface area contributed by atoms with E-state index in [1.165, 1.54) is 28.2 Å². The number of fused-ring (bicyclic) bond motifs is 1. The number of aromatic nitrogens is 1. The maximum atomic E-state index is 14.1. The van der Waals surface area contributed by atoms with Gasteiger partial charge in [0.2, 0.25) is 0 Å². The molecule has 1 atom stereocenters. The fourth-order valence-corrected chi connectivity index (χ4v) is 6.06. The largest absolute Gasteiger partial charge is 0.384 e. The molecule has 7 nitrogen and oxygen atoms in total. The maximum Gasteiger partial charge on any atom is 0.269 e. The molecule has 0 fully saturated rings. The number of aliphatic hydroxyl groups excluding tert-OH is 1. The van der Waals surface area contributed by atoms with Gasteiger partial charge in [-0.3, -0.25) is 10.1 Å². The van der Waals surface area contributed by atoms with Crippen molar-refractivity contribution in [1.82, 2.24) is 3.97 Å². The Morgan fingerprint density at radius 1 is 0.811 bits per heavy atom. The van der Waals surface area contributed by atoms with Crippen molar-refractivity contribution >= 4 is 26.6 Å². The van der Waals surface area contributed by atoms with Crippen LogP contribution in [-0.2, 0) is 10.0 Å². The number of nitro benzene ring substituents is 1. The smallest absolute Gasteiger partial charge is 0.269 e. The van der Waals surface area contributed by atoms with Gasteiger partial charge in [-0.15, -0.1) is 0 Å². The van der Waals surface area contributed by atoms with E-state index >= 15 is 0 Å². The van der Waals surface area contributed by atoms with Crippen LogP contribution in [0.25, 0.3) is 22.2 Å². The second-order valence-corrected chi connectivity index (χ2v) is 10.8. The zero-order valence-electron chi connectivity index (χ0n) is 20.2. The van der Waals surface area contributed by atoms with Gasteiger partial charge in [-0.05, 0) is 55.3 Å². The molecule has 1 unspecified atom stereocenters. The molecule has 8 heteroatoms. The molecular formula is C29H24N2O5S. The molecule has 0 aliphatic heterocycles. The fourth-order valence-electron chi connectivity index (χ4n) is 4.51. The summed E-state index contributed by atoms with van der Waals surface area (Å²) in [7, 11) is -4.07. The third-order valence-electron chi connectivity index (χ3n) is 6.45. The van der Waals surface area contributed by atoms with Gasteiger partial charge in [-0.25, -0.2) is 12.4 Å². The minimum absolute atomic E-state index is 0.0981. The molecule has 0 saturated carbocycles. The Morgan fingerprint density at radius 3 is 1.97 bits per heavy atom. The van der Waals surface area contributed by atoms with E-state index < -0.39 is 21.1 Å². The average molecular weight is 513 g/mol. The fraction of sp³-hybridized carbons (Fsp3) is 0.103. The highest BCUT2D eigenvalue weighted by Crippen LogP contribution is 2.42. The standard InChI is InChI=1S/C29H24N2O5S/c1-19-7-11-21(12-8-19)28-27(29(32)22-13-15-23(16-14-22)31(33)34)25-5-3-4-6-26(25)30(28)37(35,36)24-17-9-20(2)10-18-24/h3-18,29,32H,1-2H3. The number of hydrogen-bond acceptors (Lipinski definition) is 5. The van der Waals surface area contributed by atoms with Crippen LogP contribution in [0.4, 0.5) is 5.69 Å². The van der Waals surface area contributed by atoms with Gasteiger partial charge in [0, 0.05) is 23.1 Å². The first-order valence-electron chi connectivity index (χ1n) is 11.6. The summed E-state index contributed by atoms with van der Waals surface area (Å²) in [4.78, 5) is 10.8. The topological polar surface area (TPSA) is 102 Å². The highest BCUT2D eigenvalue weighted by atomic mass is 32.2. The molecule has 186 valence electrons. The molecule has 37 heavy (non-hydrogen) atoms. The Morgan fingerprint density at radius 2 is 1.38 bits per heavy atom. The zero-order valence-corrected chi connectivity index (χ0v) is 21.0. The minimum atomic E-state index is -4.07. The molecule has 0 aliphatic rings. The number of para-hydroxylation sites is 1. The number of aliphatic hydroxyl groups is 1. The molecule has 0 aliphatic carbocycles. The summed E-state index contributed by atoms with van der Waals surface area (Å²) in [6.07, 6.45) is -1.24. The minimum Gasteiger partial charge on any atom is -0.384 e. The summed E-state index contributed by atoms with van der Waals surface area (Å²) in [5.74, 6) is 0. The third-order valence-corrected chi connectivity index (χ3v) is 8.18. The van der Waals surface area contributed by atoms with Crippen molar-refractivity contribution in [2.45, 2.75) is 24.8 Å². The zero-order chi connectivity index (χ0) is 26.3. The molecule has 4 aromatic carbocycles. The predicted molar refractivity (Wildman–Crippen MR) is 143 cm³/mol. The van der Waals surface area contributed by atoms with Gasteiger partial charge >= 0.3 is 0 Å². The number of benzene rings is 4. The van der Waals surface area contributed by atoms with E-state index in [2.05, 4.69) is 0 Å².